The van der Waals surface area contributed by atoms with Crippen LogP contribution in [0.1, 0.15) is 23.7 Å². The summed E-state index contributed by atoms with van der Waals surface area (Å²) < 4.78 is 19.2. The second kappa shape index (κ2) is 5.99. The van der Waals surface area contributed by atoms with Gasteiger partial charge in [-0.05, 0) is 41.1 Å². The van der Waals surface area contributed by atoms with Crippen molar-refractivity contribution in [2.45, 2.75) is 18.9 Å². The SMILES string of the molecule is CC(Oc1ccc(F)c(Br)c1)c1nc(CCl)cs1. The Morgan fingerprint density at radius 1 is 1.56 bits per heavy atom. The number of benzene rings is 1. The van der Waals surface area contributed by atoms with Gasteiger partial charge in [-0.15, -0.1) is 22.9 Å². The van der Waals surface area contributed by atoms with E-state index in [1.54, 1.807) is 12.1 Å². The minimum absolute atomic E-state index is 0.190. The molecule has 0 N–H and O–H groups in total. The summed E-state index contributed by atoms with van der Waals surface area (Å²) >= 11 is 10.3. The molecule has 0 fully saturated rings. The third-order valence-electron chi connectivity index (χ3n) is 2.26. The molecule has 1 unspecified atom stereocenters. The van der Waals surface area contributed by atoms with E-state index in [9.17, 15) is 4.39 Å². The van der Waals surface area contributed by atoms with E-state index in [0.717, 1.165) is 10.7 Å². The molecule has 1 atom stereocenters. The lowest BCUT2D eigenvalue weighted by molar-refractivity contribution is 0.226. The molecule has 0 radical (unpaired) electrons. The first-order valence-electron chi connectivity index (χ1n) is 5.22. The van der Waals surface area contributed by atoms with Gasteiger partial charge in [-0.25, -0.2) is 9.37 Å². The molecule has 0 aliphatic carbocycles. The van der Waals surface area contributed by atoms with Crippen LogP contribution in [0.4, 0.5) is 4.39 Å². The topological polar surface area (TPSA) is 22.1 Å². The second-order valence-corrected chi connectivity index (χ2v) is 5.66. The lowest BCUT2D eigenvalue weighted by Crippen LogP contribution is -2.03. The van der Waals surface area contributed by atoms with Crippen LogP contribution in [-0.2, 0) is 5.88 Å². The average molecular weight is 351 g/mol. The van der Waals surface area contributed by atoms with E-state index in [1.165, 1.54) is 17.4 Å². The Labute approximate surface area is 122 Å². The molecule has 1 aromatic carbocycles. The van der Waals surface area contributed by atoms with E-state index in [1.807, 2.05) is 12.3 Å². The van der Waals surface area contributed by atoms with Crippen molar-refractivity contribution in [3.05, 3.63) is 44.6 Å². The summed E-state index contributed by atoms with van der Waals surface area (Å²) in [7, 11) is 0. The molecule has 0 saturated carbocycles. The van der Waals surface area contributed by atoms with Gasteiger partial charge in [-0.2, -0.15) is 0 Å². The summed E-state index contributed by atoms with van der Waals surface area (Å²) in [4.78, 5) is 4.34. The Morgan fingerprint density at radius 3 is 2.94 bits per heavy atom. The summed E-state index contributed by atoms with van der Waals surface area (Å²) in [6, 6.07) is 4.55. The normalized spacial score (nSPS) is 12.4. The molecule has 0 aliphatic rings. The Morgan fingerprint density at radius 2 is 2.33 bits per heavy atom. The van der Waals surface area contributed by atoms with Crippen molar-refractivity contribution in [3.63, 3.8) is 0 Å². The first kappa shape index (κ1) is 13.8. The van der Waals surface area contributed by atoms with Gasteiger partial charge < -0.3 is 4.74 Å². The summed E-state index contributed by atoms with van der Waals surface area (Å²) in [5.41, 5.74) is 0.840. The van der Waals surface area contributed by atoms with Crippen molar-refractivity contribution in [3.8, 4) is 5.75 Å². The molecule has 2 nitrogen and oxygen atoms in total. The lowest BCUT2D eigenvalue weighted by atomic mass is 10.3. The number of alkyl halides is 1. The Bertz CT molecular complexity index is 549. The predicted octanol–water partition coefficient (Wildman–Crippen LogP) is 4.92. The van der Waals surface area contributed by atoms with Crippen molar-refractivity contribution in [1.29, 1.82) is 0 Å². The van der Waals surface area contributed by atoms with E-state index in [4.69, 9.17) is 16.3 Å². The standard InChI is InChI=1S/C12H10BrClFNOS/c1-7(12-16-8(5-14)6-18-12)17-9-2-3-11(15)10(13)4-9/h2-4,6-7H,5H2,1H3. The average Bonchev–Trinajstić information content (AvgIpc) is 2.82. The highest BCUT2D eigenvalue weighted by molar-refractivity contribution is 9.10. The Hall–Kier alpha value is -0.650. The van der Waals surface area contributed by atoms with Crippen LogP contribution in [0.25, 0.3) is 0 Å². The molecule has 0 saturated heterocycles. The number of aromatic nitrogens is 1. The number of halogens is 3. The Balaban J connectivity index is 2.10. The van der Waals surface area contributed by atoms with E-state index < -0.39 is 0 Å². The summed E-state index contributed by atoms with van der Waals surface area (Å²) in [5, 5.41) is 2.76. The predicted molar refractivity (Wildman–Crippen MR) is 74.8 cm³/mol. The zero-order valence-electron chi connectivity index (χ0n) is 9.49. The maximum atomic E-state index is 13.1. The molecular formula is C12H10BrClFNOS. The quantitative estimate of drug-likeness (QED) is 0.730. The number of thiazole rings is 1. The number of ether oxygens (including phenoxy) is 1. The van der Waals surface area contributed by atoms with Crippen LogP contribution < -0.4 is 4.74 Å². The van der Waals surface area contributed by atoms with Crippen molar-refractivity contribution in [1.82, 2.24) is 4.98 Å². The van der Waals surface area contributed by atoms with Gasteiger partial charge in [0.15, 0.2) is 0 Å². The number of nitrogens with zero attached hydrogens (tertiary/aromatic N) is 1. The molecule has 18 heavy (non-hydrogen) atoms. The maximum Gasteiger partial charge on any atom is 0.147 e. The van der Waals surface area contributed by atoms with Crippen LogP contribution in [-0.4, -0.2) is 4.98 Å². The fourth-order valence-electron chi connectivity index (χ4n) is 1.38. The van der Waals surface area contributed by atoms with Crippen LogP contribution in [0.2, 0.25) is 0 Å². The highest BCUT2D eigenvalue weighted by Crippen LogP contribution is 2.27. The van der Waals surface area contributed by atoms with Gasteiger partial charge in [0.05, 0.1) is 16.0 Å². The molecule has 0 aliphatic heterocycles. The maximum absolute atomic E-state index is 13.1. The first-order valence-corrected chi connectivity index (χ1v) is 7.43. The molecule has 1 aromatic heterocycles. The fourth-order valence-corrected chi connectivity index (χ4v) is 2.76. The number of hydrogen-bond acceptors (Lipinski definition) is 3. The van der Waals surface area contributed by atoms with Gasteiger partial charge >= 0.3 is 0 Å². The molecule has 1 heterocycles. The zero-order chi connectivity index (χ0) is 13.1. The number of hydrogen-bond donors (Lipinski definition) is 0. The summed E-state index contributed by atoms with van der Waals surface area (Å²) in [5.74, 6) is 0.678. The molecular weight excluding hydrogens is 341 g/mol. The highest BCUT2D eigenvalue weighted by atomic mass is 79.9. The summed E-state index contributed by atoms with van der Waals surface area (Å²) in [6.45, 7) is 1.90. The van der Waals surface area contributed by atoms with Crippen LogP contribution in [0.3, 0.4) is 0 Å². The summed E-state index contributed by atoms with van der Waals surface area (Å²) in [6.07, 6.45) is -0.190. The molecule has 2 aromatic rings. The third-order valence-corrected chi connectivity index (χ3v) is 4.19. The molecule has 0 bridgehead atoms. The Kier molecular flexibility index (Phi) is 4.59. The number of rotatable bonds is 4. The molecule has 6 heteroatoms. The molecule has 0 amide bonds. The van der Waals surface area contributed by atoms with E-state index in [-0.39, 0.29) is 11.9 Å². The van der Waals surface area contributed by atoms with Crippen molar-refractivity contribution < 1.29 is 9.13 Å². The third kappa shape index (κ3) is 3.22. The van der Waals surface area contributed by atoms with Crippen molar-refractivity contribution in [2.24, 2.45) is 0 Å². The molecule has 96 valence electrons. The zero-order valence-corrected chi connectivity index (χ0v) is 12.6. The van der Waals surface area contributed by atoms with Crippen molar-refractivity contribution >= 4 is 38.9 Å². The van der Waals surface area contributed by atoms with Crippen LogP contribution in [0.15, 0.2) is 28.1 Å². The van der Waals surface area contributed by atoms with E-state index in [2.05, 4.69) is 20.9 Å². The second-order valence-electron chi connectivity index (χ2n) is 3.65. The van der Waals surface area contributed by atoms with Crippen LogP contribution >= 0.6 is 38.9 Å². The van der Waals surface area contributed by atoms with Gasteiger partial charge in [0.1, 0.15) is 22.7 Å². The highest BCUT2D eigenvalue weighted by Gasteiger charge is 2.12. The van der Waals surface area contributed by atoms with Crippen LogP contribution in [0, 0.1) is 5.82 Å². The van der Waals surface area contributed by atoms with Crippen LogP contribution in [0.5, 0.6) is 5.75 Å². The van der Waals surface area contributed by atoms with Gasteiger partial charge in [0.25, 0.3) is 0 Å². The lowest BCUT2D eigenvalue weighted by Gasteiger charge is -2.12. The van der Waals surface area contributed by atoms with Gasteiger partial charge in [-0.3, -0.25) is 0 Å². The fraction of sp³-hybridized carbons (Fsp3) is 0.250. The monoisotopic (exact) mass is 349 g/mol. The molecule has 0 spiro atoms. The first-order chi connectivity index (χ1) is 8.60. The largest absolute Gasteiger partial charge is 0.484 e. The van der Waals surface area contributed by atoms with Gasteiger partial charge in [-0.1, -0.05) is 0 Å². The van der Waals surface area contributed by atoms with Gasteiger partial charge in [0, 0.05) is 5.38 Å². The molecule has 2 rings (SSSR count). The minimum atomic E-state index is -0.311. The van der Waals surface area contributed by atoms with Gasteiger partial charge in [0.2, 0.25) is 0 Å². The van der Waals surface area contributed by atoms with Crippen molar-refractivity contribution in [2.75, 3.05) is 0 Å². The minimum Gasteiger partial charge on any atom is -0.484 e. The smallest absolute Gasteiger partial charge is 0.147 e. The van der Waals surface area contributed by atoms with E-state index in [0.29, 0.717) is 16.1 Å². The van der Waals surface area contributed by atoms with E-state index >= 15 is 0 Å².